The van der Waals surface area contributed by atoms with Crippen molar-refractivity contribution in [2.24, 2.45) is 0 Å². The fraction of sp³-hybridized carbons (Fsp3) is 0.438. The Morgan fingerprint density at radius 3 is 2.73 bits per heavy atom. The quantitative estimate of drug-likeness (QED) is 0.881. The summed E-state index contributed by atoms with van der Waals surface area (Å²) in [5.41, 5.74) is 0.564. The van der Waals surface area contributed by atoms with Crippen LogP contribution in [0.25, 0.3) is 10.9 Å². The summed E-state index contributed by atoms with van der Waals surface area (Å²) in [6.07, 6.45) is 1.64. The number of hydrogen-bond donors (Lipinski definition) is 1. The van der Waals surface area contributed by atoms with Crippen molar-refractivity contribution >= 4 is 20.7 Å². The molecule has 1 aliphatic rings. The Labute approximate surface area is 130 Å². The van der Waals surface area contributed by atoms with Gasteiger partial charge in [0.2, 0.25) is 0 Å². The first kappa shape index (κ1) is 15.4. The Kier molecular flexibility index (Phi) is 4.42. The number of ether oxygens (including phenoxy) is 1. The highest BCUT2D eigenvalue weighted by molar-refractivity contribution is 7.91. The van der Waals surface area contributed by atoms with Crippen LogP contribution in [-0.4, -0.2) is 51.5 Å². The molecule has 22 heavy (non-hydrogen) atoms. The Bertz CT molecular complexity index is 750. The highest BCUT2D eigenvalue weighted by atomic mass is 32.2. The van der Waals surface area contributed by atoms with Gasteiger partial charge >= 0.3 is 0 Å². The lowest BCUT2D eigenvalue weighted by molar-refractivity contribution is -0.928. The number of hydrogen-bond acceptors (Lipinski definition) is 4. The van der Waals surface area contributed by atoms with E-state index >= 15 is 0 Å². The molecular formula is C16H21N2O3S+. The van der Waals surface area contributed by atoms with Crippen LogP contribution < -0.4 is 4.90 Å². The summed E-state index contributed by atoms with van der Waals surface area (Å²) in [5.74, 6) is 0.137. The molecule has 2 aromatic rings. The number of morpholine rings is 1. The number of nitrogens with zero attached hydrogens (tertiary/aromatic N) is 1. The van der Waals surface area contributed by atoms with Gasteiger partial charge in [-0.25, -0.2) is 8.42 Å². The normalized spacial score (nSPS) is 18.4. The molecule has 1 N–H and O–H groups in total. The van der Waals surface area contributed by atoms with E-state index in [1.54, 1.807) is 18.3 Å². The lowest BCUT2D eigenvalue weighted by atomic mass is 10.2. The van der Waals surface area contributed by atoms with Crippen molar-refractivity contribution in [1.82, 2.24) is 4.98 Å². The second-order valence-corrected chi connectivity index (χ2v) is 7.79. The van der Waals surface area contributed by atoms with Gasteiger partial charge in [-0.05, 0) is 19.1 Å². The number of aromatic nitrogens is 1. The third-order valence-electron chi connectivity index (χ3n) is 4.23. The van der Waals surface area contributed by atoms with Crippen LogP contribution >= 0.6 is 0 Å². The first-order chi connectivity index (χ1) is 10.6. The first-order valence-electron chi connectivity index (χ1n) is 7.57. The van der Waals surface area contributed by atoms with E-state index in [9.17, 15) is 8.42 Å². The Hall–Kier alpha value is -1.50. The lowest BCUT2D eigenvalue weighted by Gasteiger charge is -2.29. The number of fused-ring (bicyclic) bond motifs is 1. The summed E-state index contributed by atoms with van der Waals surface area (Å²) in [7, 11) is -3.36. The Balaban J connectivity index is 1.88. The monoisotopic (exact) mass is 321 g/mol. The number of benzene rings is 1. The number of para-hydroxylation sites is 1. The summed E-state index contributed by atoms with van der Waals surface area (Å²) in [6.45, 7) is 5.14. The molecule has 1 saturated heterocycles. The van der Waals surface area contributed by atoms with Gasteiger partial charge in [0.15, 0.2) is 9.84 Å². The summed E-state index contributed by atoms with van der Waals surface area (Å²) >= 11 is 0. The van der Waals surface area contributed by atoms with Crippen LogP contribution in [-0.2, 0) is 14.6 Å². The molecule has 0 spiro atoms. The van der Waals surface area contributed by atoms with Gasteiger partial charge in [0, 0.05) is 11.6 Å². The van der Waals surface area contributed by atoms with Gasteiger partial charge in [0.1, 0.15) is 18.8 Å². The molecule has 3 rings (SSSR count). The highest BCUT2D eigenvalue weighted by Crippen LogP contribution is 2.21. The summed E-state index contributed by atoms with van der Waals surface area (Å²) in [6, 6.07) is 9.08. The summed E-state index contributed by atoms with van der Waals surface area (Å²) < 4.78 is 31.0. The molecule has 0 aliphatic carbocycles. The number of rotatable bonds is 4. The molecule has 1 fully saturated rings. The zero-order chi connectivity index (χ0) is 15.6. The SMILES string of the molecule is C[C@H](CS(=O)(=O)c1cccc2cccnc12)[NH+]1CCOCC1. The number of sulfone groups is 1. The van der Waals surface area contributed by atoms with Crippen molar-refractivity contribution in [3.63, 3.8) is 0 Å². The Morgan fingerprint density at radius 2 is 1.95 bits per heavy atom. The fourth-order valence-corrected chi connectivity index (χ4v) is 4.81. The fourth-order valence-electron chi connectivity index (χ4n) is 2.99. The van der Waals surface area contributed by atoms with Gasteiger partial charge in [-0.15, -0.1) is 0 Å². The van der Waals surface area contributed by atoms with Crippen molar-refractivity contribution in [3.8, 4) is 0 Å². The molecule has 1 aromatic heterocycles. The number of nitrogens with one attached hydrogen (secondary N) is 1. The van der Waals surface area contributed by atoms with E-state index < -0.39 is 9.84 Å². The molecule has 0 unspecified atom stereocenters. The third kappa shape index (κ3) is 3.14. The van der Waals surface area contributed by atoms with Crippen LogP contribution in [0.2, 0.25) is 0 Å². The van der Waals surface area contributed by atoms with E-state index in [1.165, 1.54) is 4.90 Å². The molecule has 0 saturated carbocycles. The predicted molar refractivity (Wildman–Crippen MR) is 84.8 cm³/mol. The third-order valence-corrected chi connectivity index (χ3v) is 6.17. The van der Waals surface area contributed by atoms with E-state index in [-0.39, 0.29) is 11.8 Å². The molecule has 1 aromatic carbocycles. The maximum atomic E-state index is 12.8. The zero-order valence-electron chi connectivity index (χ0n) is 12.7. The van der Waals surface area contributed by atoms with Crippen molar-refractivity contribution < 1.29 is 18.1 Å². The molecule has 0 bridgehead atoms. The number of quaternary nitrogens is 1. The average Bonchev–Trinajstić information content (AvgIpc) is 2.54. The molecule has 0 radical (unpaired) electrons. The topological polar surface area (TPSA) is 60.7 Å². The van der Waals surface area contributed by atoms with E-state index in [0.29, 0.717) is 23.6 Å². The molecule has 0 amide bonds. The predicted octanol–water partition coefficient (Wildman–Crippen LogP) is 0.312. The molecule has 6 heteroatoms. The maximum absolute atomic E-state index is 12.8. The van der Waals surface area contributed by atoms with Crippen molar-refractivity contribution in [2.75, 3.05) is 32.1 Å². The van der Waals surface area contributed by atoms with Gasteiger partial charge in [0.25, 0.3) is 0 Å². The lowest BCUT2D eigenvalue weighted by Crippen LogP contribution is -3.17. The second kappa shape index (κ2) is 6.32. The Morgan fingerprint density at radius 1 is 1.23 bits per heavy atom. The smallest absolute Gasteiger partial charge is 0.186 e. The molecule has 1 atom stereocenters. The van der Waals surface area contributed by atoms with Gasteiger partial charge in [-0.2, -0.15) is 0 Å². The average molecular weight is 321 g/mol. The van der Waals surface area contributed by atoms with E-state index in [2.05, 4.69) is 4.98 Å². The maximum Gasteiger partial charge on any atom is 0.186 e. The van der Waals surface area contributed by atoms with Gasteiger partial charge in [-0.1, -0.05) is 18.2 Å². The molecule has 2 heterocycles. The van der Waals surface area contributed by atoms with Crippen LogP contribution in [0.5, 0.6) is 0 Å². The van der Waals surface area contributed by atoms with Crippen molar-refractivity contribution in [2.45, 2.75) is 17.9 Å². The second-order valence-electron chi connectivity index (χ2n) is 5.78. The van der Waals surface area contributed by atoms with E-state index in [4.69, 9.17) is 4.74 Å². The van der Waals surface area contributed by atoms with E-state index in [0.717, 1.165) is 18.5 Å². The van der Waals surface area contributed by atoms with Crippen LogP contribution in [0.15, 0.2) is 41.4 Å². The summed E-state index contributed by atoms with van der Waals surface area (Å²) in [4.78, 5) is 5.89. The van der Waals surface area contributed by atoms with Gasteiger partial charge in [0.05, 0.1) is 29.7 Å². The first-order valence-corrected chi connectivity index (χ1v) is 9.22. The highest BCUT2D eigenvalue weighted by Gasteiger charge is 2.28. The minimum absolute atomic E-state index is 0.0490. The van der Waals surface area contributed by atoms with Crippen molar-refractivity contribution in [1.29, 1.82) is 0 Å². The summed E-state index contributed by atoms with van der Waals surface area (Å²) in [5, 5.41) is 0.856. The van der Waals surface area contributed by atoms with Crippen LogP contribution in [0, 0.1) is 0 Å². The van der Waals surface area contributed by atoms with Gasteiger partial charge < -0.3 is 9.64 Å². The minimum atomic E-state index is -3.36. The standard InChI is InChI=1S/C16H20N2O3S/c1-13(18-8-10-21-11-9-18)12-22(19,20)15-6-2-4-14-5-3-7-17-16(14)15/h2-7,13H,8-12H2,1H3/p+1/t13-/m1/s1. The zero-order valence-corrected chi connectivity index (χ0v) is 13.5. The molecular weight excluding hydrogens is 300 g/mol. The van der Waals surface area contributed by atoms with Crippen LogP contribution in [0.4, 0.5) is 0 Å². The van der Waals surface area contributed by atoms with Gasteiger partial charge in [-0.3, -0.25) is 4.98 Å². The largest absolute Gasteiger partial charge is 0.370 e. The van der Waals surface area contributed by atoms with Crippen molar-refractivity contribution in [3.05, 3.63) is 36.5 Å². The molecule has 5 nitrogen and oxygen atoms in total. The molecule has 1 aliphatic heterocycles. The van der Waals surface area contributed by atoms with Crippen LogP contribution in [0.1, 0.15) is 6.92 Å². The van der Waals surface area contributed by atoms with E-state index in [1.807, 2.05) is 25.1 Å². The molecule has 118 valence electrons. The minimum Gasteiger partial charge on any atom is -0.370 e. The number of pyridine rings is 1. The van der Waals surface area contributed by atoms with Crippen LogP contribution in [0.3, 0.4) is 0 Å².